The van der Waals surface area contributed by atoms with Crippen molar-refractivity contribution in [3.8, 4) is 0 Å². The summed E-state index contributed by atoms with van der Waals surface area (Å²) in [5.74, 6) is -1.08. The van der Waals surface area contributed by atoms with E-state index in [0.717, 1.165) is 11.1 Å². The third-order valence-electron chi connectivity index (χ3n) is 3.63. The Bertz CT molecular complexity index is 426. The maximum Gasteiger partial charge on any atom is 0.309 e. The lowest BCUT2D eigenvalue weighted by molar-refractivity contribution is -0.150. The topological polar surface area (TPSA) is 37.3 Å². The van der Waals surface area contributed by atoms with Gasteiger partial charge in [-0.25, -0.2) is 4.39 Å². The van der Waals surface area contributed by atoms with E-state index in [0.29, 0.717) is 6.42 Å². The van der Waals surface area contributed by atoms with Gasteiger partial charge in [0.15, 0.2) is 0 Å². The van der Waals surface area contributed by atoms with Gasteiger partial charge in [-0.15, -0.1) is 0 Å². The van der Waals surface area contributed by atoms with Crippen molar-refractivity contribution in [2.24, 2.45) is 11.3 Å². The third kappa shape index (κ3) is 2.84. The van der Waals surface area contributed by atoms with Gasteiger partial charge in [0.1, 0.15) is 5.82 Å². The summed E-state index contributed by atoms with van der Waals surface area (Å²) in [4.78, 5) is 11.4. The molecule has 17 heavy (non-hydrogen) atoms. The van der Waals surface area contributed by atoms with E-state index in [4.69, 9.17) is 0 Å². The molecule has 0 aliphatic rings. The minimum Gasteiger partial charge on any atom is -0.481 e. The molecule has 1 rings (SSSR count). The van der Waals surface area contributed by atoms with Gasteiger partial charge in [0.25, 0.3) is 0 Å². The van der Waals surface area contributed by atoms with Crippen LogP contribution in [0.15, 0.2) is 18.2 Å². The van der Waals surface area contributed by atoms with Crippen molar-refractivity contribution < 1.29 is 14.3 Å². The highest BCUT2D eigenvalue weighted by Crippen LogP contribution is 2.32. The Morgan fingerprint density at radius 2 is 2.06 bits per heavy atom. The van der Waals surface area contributed by atoms with Gasteiger partial charge in [-0.3, -0.25) is 4.79 Å². The summed E-state index contributed by atoms with van der Waals surface area (Å²) in [5.41, 5.74) is 0.880. The van der Waals surface area contributed by atoms with Crippen LogP contribution >= 0.6 is 0 Å². The lowest BCUT2D eigenvalue weighted by Gasteiger charge is -2.29. The maximum absolute atomic E-state index is 13.0. The first-order valence-electron chi connectivity index (χ1n) is 5.76. The summed E-state index contributed by atoms with van der Waals surface area (Å²) >= 11 is 0. The van der Waals surface area contributed by atoms with E-state index in [2.05, 4.69) is 0 Å². The molecule has 1 aromatic rings. The zero-order valence-corrected chi connectivity index (χ0v) is 10.7. The number of hydrogen-bond donors (Lipinski definition) is 1. The maximum atomic E-state index is 13.0. The predicted molar refractivity (Wildman–Crippen MR) is 65.4 cm³/mol. The highest BCUT2D eigenvalue weighted by Gasteiger charge is 2.36. The summed E-state index contributed by atoms with van der Waals surface area (Å²) < 4.78 is 13.0. The Morgan fingerprint density at radius 1 is 1.47 bits per heavy atom. The summed E-state index contributed by atoms with van der Waals surface area (Å²) in [6, 6.07) is 4.50. The molecule has 0 spiro atoms. The second-order valence-electron chi connectivity index (χ2n) is 5.12. The number of carboxylic acids is 1. The Hall–Kier alpha value is -1.38. The molecule has 1 atom stereocenters. The second kappa shape index (κ2) is 4.86. The third-order valence-corrected chi connectivity index (χ3v) is 3.63. The van der Waals surface area contributed by atoms with E-state index in [1.807, 2.05) is 13.8 Å². The van der Waals surface area contributed by atoms with Crippen molar-refractivity contribution in [3.63, 3.8) is 0 Å². The molecule has 2 nitrogen and oxygen atoms in total. The van der Waals surface area contributed by atoms with E-state index in [9.17, 15) is 14.3 Å². The first-order chi connectivity index (χ1) is 7.77. The first-order valence-corrected chi connectivity index (χ1v) is 5.76. The fourth-order valence-corrected chi connectivity index (χ4v) is 1.78. The van der Waals surface area contributed by atoms with Crippen LogP contribution in [0, 0.1) is 24.1 Å². The normalized spacial score (nSPS) is 14.7. The van der Waals surface area contributed by atoms with Crippen LogP contribution in [0.25, 0.3) is 0 Å². The van der Waals surface area contributed by atoms with Gasteiger partial charge in [-0.1, -0.05) is 19.9 Å². The molecule has 1 unspecified atom stereocenters. The Labute approximate surface area is 101 Å². The van der Waals surface area contributed by atoms with Crippen LogP contribution in [-0.4, -0.2) is 11.1 Å². The molecule has 0 saturated carbocycles. The standard InChI is InChI=1S/C14H19FO2/c1-9(2)14(4,13(16)17)8-11-5-6-12(15)7-10(11)3/h5-7,9H,8H2,1-4H3,(H,16,17). The average molecular weight is 238 g/mol. The smallest absolute Gasteiger partial charge is 0.309 e. The number of aryl methyl sites for hydroxylation is 1. The predicted octanol–water partition coefficient (Wildman–Crippen LogP) is 3.42. The fraction of sp³-hybridized carbons (Fsp3) is 0.500. The van der Waals surface area contributed by atoms with Gasteiger partial charge in [0.05, 0.1) is 5.41 Å². The number of hydrogen-bond acceptors (Lipinski definition) is 1. The van der Waals surface area contributed by atoms with Gasteiger partial charge < -0.3 is 5.11 Å². The van der Waals surface area contributed by atoms with Crippen LogP contribution < -0.4 is 0 Å². The van der Waals surface area contributed by atoms with Crippen molar-refractivity contribution >= 4 is 5.97 Å². The molecule has 0 radical (unpaired) electrons. The van der Waals surface area contributed by atoms with Crippen molar-refractivity contribution in [2.45, 2.75) is 34.1 Å². The molecule has 1 aromatic carbocycles. The minimum atomic E-state index is -0.817. The van der Waals surface area contributed by atoms with Crippen molar-refractivity contribution in [1.29, 1.82) is 0 Å². The fourth-order valence-electron chi connectivity index (χ4n) is 1.78. The zero-order chi connectivity index (χ0) is 13.2. The highest BCUT2D eigenvalue weighted by molar-refractivity contribution is 5.75. The lowest BCUT2D eigenvalue weighted by atomic mass is 9.74. The average Bonchev–Trinajstić information content (AvgIpc) is 2.21. The number of rotatable bonds is 4. The molecule has 3 heteroatoms. The van der Waals surface area contributed by atoms with Crippen LogP contribution in [0.1, 0.15) is 31.9 Å². The quantitative estimate of drug-likeness (QED) is 0.872. The Morgan fingerprint density at radius 3 is 2.47 bits per heavy atom. The van der Waals surface area contributed by atoms with Gasteiger partial charge in [0.2, 0.25) is 0 Å². The molecule has 0 aliphatic heterocycles. The largest absolute Gasteiger partial charge is 0.481 e. The lowest BCUT2D eigenvalue weighted by Crippen LogP contribution is -2.35. The minimum absolute atomic E-state index is 0.0180. The first kappa shape index (κ1) is 13.7. The molecule has 0 fully saturated rings. The molecular weight excluding hydrogens is 219 g/mol. The molecule has 0 amide bonds. The van der Waals surface area contributed by atoms with Crippen LogP contribution in [-0.2, 0) is 11.2 Å². The van der Waals surface area contributed by atoms with Crippen LogP contribution in [0.3, 0.4) is 0 Å². The van der Waals surface area contributed by atoms with Crippen molar-refractivity contribution in [3.05, 3.63) is 35.1 Å². The van der Waals surface area contributed by atoms with Crippen molar-refractivity contribution in [1.82, 2.24) is 0 Å². The Balaban J connectivity index is 3.07. The molecule has 0 heterocycles. The molecule has 0 bridgehead atoms. The van der Waals surface area contributed by atoms with Crippen LogP contribution in [0.2, 0.25) is 0 Å². The molecule has 94 valence electrons. The highest BCUT2D eigenvalue weighted by atomic mass is 19.1. The summed E-state index contributed by atoms with van der Waals surface area (Å²) in [7, 11) is 0. The van der Waals surface area contributed by atoms with Crippen molar-refractivity contribution in [2.75, 3.05) is 0 Å². The van der Waals surface area contributed by atoms with Gasteiger partial charge >= 0.3 is 5.97 Å². The van der Waals surface area contributed by atoms with E-state index in [1.165, 1.54) is 12.1 Å². The number of halogens is 1. The molecule has 1 N–H and O–H groups in total. The summed E-state index contributed by atoms with van der Waals surface area (Å²) in [6.07, 6.45) is 0.423. The van der Waals surface area contributed by atoms with Gasteiger partial charge in [-0.05, 0) is 49.4 Å². The molecule has 0 saturated heterocycles. The zero-order valence-electron chi connectivity index (χ0n) is 10.7. The monoisotopic (exact) mass is 238 g/mol. The van der Waals surface area contributed by atoms with E-state index < -0.39 is 11.4 Å². The van der Waals surface area contributed by atoms with E-state index in [1.54, 1.807) is 19.9 Å². The van der Waals surface area contributed by atoms with Gasteiger partial charge in [-0.2, -0.15) is 0 Å². The SMILES string of the molecule is Cc1cc(F)ccc1CC(C)(C(=O)O)C(C)C. The van der Waals surface area contributed by atoms with E-state index >= 15 is 0 Å². The van der Waals surface area contributed by atoms with E-state index in [-0.39, 0.29) is 11.7 Å². The molecule has 0 aromatic heterocycles. The summed E-state index contributed by atoms with van der Waals surface area (Å²) in [6.45, 7) is 7.34. The molecular formula is C14H19FO2. The Kier molecular flexibility index (Phi) is 3.91. The van der Waals surface area contributed by atoms with Crippen LogP contribution in [0.4, 0.5) is 4.39 Å². The van der Waals surface area contributed by atoms with Crippen LogP contribution in [0.5, 0.6) is 0 Å². The molecule has 0 aliphatic carbocycles. The number of aliphatic carboxylic acids is 1. The second-order valence-corrected chi connectivity index (χ2v) is 5.12. The number of carbonyl (C=O) groups is 1. The summed E-state index contributed by atoms with van der Waals surface area (Å²) in [5, 5.41) is 9.34. The number of benzene rings is 1. The van der Waals surface area contributed by atoms with Gasteiger partial charge in [0, 0.05) is 0 Å². The number of carboxylic acid groups (broad SMARTS) is 1.